The molecule has 1 aromatic carbocycles. The van der Waals surface area contributed by atoms with E-state index in [4.69, 9.17) is 9.47 Å². The zero-order chi connectivity index (χ0) is 19.4. The minimum atomic E-state index is -0.140. The lowest BCUT2D eigenvalue weighted by atomic mass is 10.2. The van der Waals surface area contributed by atoms with Crippen molar-refractivity contribution >= 4 is 40.6 Å². The molecule has 0 aliphatic heterocycles. The van der Waals surface area contributed by atoms with Gasteiger partial charge in [0, 0.05) is 13.1 Å². The van der Waals surface area contributed by atoms with Crippen LogP contribution in [0.1, 0.15) is 22.2 Å². The van der Waals surface area contributed by atoms with E-state index in [1.165, 1.54) is 33.3 Å². The summed E-state index contributed by atoms with van der Waals surface area (Å²) < 4.78 is 13.5. The molecule has 0 fully saturated rings. The predicted octanol–water partition coefficient (Wildman–Crippen LogP) is 2.41. The molecule has 3 aromatic rings. The third-order valence-electron chi connectivity index (χ3n) is 3.86. The summed E-state index contributed by atoms with van der Waals surface area (Å²) in [5.41, 5.74) is 0.688. The van der Waals surface area contributed by atoms with Crippen molar-refractivity contribution in [1.29, 1.82) is 0 Å². The molecular formula is C20H19NO4S2. The van der Waals surface area contributed by atoms with E-state index in [1.54, 1.807) is 26.3 Å². The van der Waals surface area contributed by atoms with Gasteiger partial charge < -0.3 is 14.0 Å². The van der Waals surface area contributed by atoms with E-state index < -0.39 is 0 Å². The van der Waals surface area contributed by atoms with Crippen LogP contribution in [-0.4, -0.2) is 24.1 Å². The number of carbonyl (C=O) groups excluding carboxylic acids is 1. The average molecular weight is 402 g/mol. The summed E-state index contributed by atoms with van der Waals surface area (Å²) in [5.74, 6) is 1.17. The van der Waals surface area contributed by atoms with Crippen LogP contribution >= 0.6 is 22.7 Å². The number of ketones is 1. The van der Waals surface area contributed by atoms with E-state index in [1.807, 2.05) is 36.6 Å². The zero-order valence-corrected chi connectivity index (χ0v) is 16.9. The number of hydrogen-bond donors (Lipinski definition) is 0. The van der Waals surface area contributed by atoms with Crippen molar-refractivity contribution < 1.29 is 14.3 Å². The molecule has 140 valence electrons. The molecule has 0 unspecified atom stereocenters. The van der Waals surface area contributed by atoms with Gasteiger partial charge >= 0.3 is 0 Å². The van der Waals surface area contributed by atoms with Crippen molar-refractivity contribution in [2.75, 3.05) is 13.7 Å². The number of thiazole rings is 1. The first kappa shape index (κ1) is 19.1. The van der Waals surface area contributed by atoms with E-state index in [-0.39, 0.29) is 11.3 Å². The number of rotatable bonds is 6. The fourth-order valence-corrected chi connectivity index (χ4v) is 4.18. The Balaban J connectivity index is 2.04. The molecule has 0 saturated heterocycles. The quantitative estimate of drug-likeness (QED) is 0.595. The minimum absolute atomic E-state index is 0.100. The summed E-state index contributed by atoms with van der Waals surface area (Å²) in [7, 11) is 3.26. The van der Waals surface area contributed by atoms with Crippen LogP contribution in [0.15, 0.2) is 40.5 Å². The molecule has 0 saturated carbocycles. The fraction of sp³-hybridized carbons (Fsp3) is 0.200. The summed E-state index contributed by atoms with van der Waals surface area (Å²) in [5, 5.41) is 1.85. The summed E-state index contributed by atoms with van der Waals surface area (Å²) in [6.07, 6.45) is 3.30. The van der Waals surface area contributed by atoms with Gasteiger partial charge in [0.1, 0.15) is 4.66 Å². The monoisotopic (exact) mass is 401 g/mol. The second-order valence-corrected chi connectivity index (χ2v) is 7.65. The highest BCUT2D eigenvalue weighted by atomic mass is 32.1. The summed E-state index contributed by atoms with van der Waals surface area (Å²) in [6, 6.07) is 9.11. The third kappa shape index (κ3) is 4.20. The van der Waals surface area contributed by atoms with Crippen LogP contribution in [0.25, 0.3) is 12.2 Å². The molecule has 5 nitrogen and oxygen atoms in total. The van der Waals surface area contributed by atoms with E-state index in [0.29, 0.717) is 32.2 Å². The van der Waals surface area contributed by atoms with Crippen LogP contribution in [-0.2, 0) is 7.05 Å². The van der Waals surface area contributed by atoms with E-state index in [0.717, 1.165) is 5.56 Å². The Bertz CT molecular complexity index is 1120. The first-order valence-electron chi connectivity index (χ1n) is 8.31. The van der Waals surface area contributed by atoms with Gasteiger partial charge in [0.05, 0.1) is 23.1 Å². The third-order valence-corrected chi connectivity index (χ3v) is 5.86. The minimum Gasteiger partial charge on any atom is -0.493 e. The maximum Gasteiger partial charge on any atom is 0.268 e. The molecule has 2 aromatic heterocycles. The number of methoxy groups -OCH3 is 1. The van der Waals surface area contributed by atoms with Crippen molar-refractivity contribution in [3.63, 3.8) is 0 Å². The Kier molecular flexibility index (Phi) is 5.93. The van der Waals surface area contributed by atoms with Gasteiger partial charge in [0.15, 0.2) is 17.3 Å². The molecule has 0 atom stereocenters. The highest BCUT2D eigenvalue weighted by molar-refractivity contribution is 7.12. The lowest BCUT2D eigenvalue weighted by Gasteiger charge is -2.09. The van der Waals surface area contributed by atoms with Gasteiger partial charge in [-0.15, -0.1) is 22.7 Å². The number of thiophene rings is 1. The number of hydrogen-bond acceptors (Lipinski definition) is 6. The van der Waals surface area contributed by atoms with E-state index in [2.05, 4.69) is 0 Å². The van der Waals surface area contributed by atoms with Crippen molar-refractivity contribution in [2.45, 2.75) is 6.92 Å². The smallest absolute Gasteiger partial charge is 0.268 e. The first-order valence-corrected chi connectivity index (χ1v) is 10.0. The van der Waals surface area contributed by atoms with Gasteiger partial charge in [0.25, 0.3) is 5.56 Å². The molecule has 0 spiro atoms. The molecule has 0 amide bonds. The molecule has 3 rings (SSSR count). The molecule has 0 aliphatic carbocycles. The topological polar surface area (TPSA) is 57.5 Å². The maximum atomic E-state index is 12.6. The Morgan fingerprint density at radius 2 is 2.07 bits per heavy atom. The van der Waals surface area contributed by atoms with Gasteiger partial charge in [-0.1, -0.05) is 12.1 Å². The van der Waals surface area contributed by atoms with Crippen LogP contribution < -0.4 is 24.2 Å². The molecule has 0 bridgehead atoms. The zero-order valence-electron chi connectivity index (χ0n) is 15.2. The maximum absolute atomic E-state index is 12.6. The van der Waals surface area contributed by atoms with Crippen molar-refractivity contribution in [2.24, 2.45) is 7.05 Å². The lowest BCUT2D eigenvalue weighted by molar-refractivity contribution is 0.106. The van der Waals surface area contributed by atoms with E-state index >= 15 is 0 Å². The Morgan fingerprint density at radius 1 is 1.26 bits per heavy atom. The summed E-state index contributed by atoms with van der Waals surface area (Å²) >= 11 is 2.67. The molecule has 27 heavy (non-hydrogen) atoms. The molecular weight excluding hydrogens is 382 g/mol. The number of aromatic nitrogens is 1. The number of ether oxygens (including phenoxy) is 2. The second-order valence-electron chi connectivity index (χ2n) is 5.64. The highest BCUT2D eigenvalue weighted by Gasteiger charge is 2.08. The van der Waals surface area contributed by atoms with Crippen LogP contribution in [0.2, 0.25) is 0 Å². The van der Waals surface area contributed by atoms with Gasteiger partial charge in [0.2, 0.25) is 0 Å². The van der Waals surface area contributed by atoms with Crippen LogP contribution in [0.3, 0.4) is 0 Å². The van der Waals surface area contributed by atoms with Crippen molar-refractivity contribution in [3.8, 4) is 11.5 Å². The number of Topliss-reactive ketones (excluding diaryl/α,β-unsaturated/α-hetero) is 1. The standard InChI is InChI=1S/C20H19NO4S2/c1-4-25-16-10-13(7-8-15(16)24-3)11-18-20(23)21(2)19(27-18)12-14(22)17-6-5-9-26-17/h5-12H,4H2,1-3H3/b18-11-,19-12-. The van der Waals surface area contributed by atoms with Gasteiger partial charge in [-0.05, 0) is 42.1 Å². The Labute approximate surface area is 164 Å². The van der Waals surface area contributed by atoms with Crippen LogP contribution in [0.4, 0.5) is 0 Å². The molecule has 0 radical (unpaired) electrons. The summed E-state index contributed by atoms with van der Waals surface area (Å²) in [4.78, 5) is 25.5. The lowest BCUT2D eigenvalue weighted by Crippen LogP contribution is -2.29. The normalized spacial score (nSPS) is 12.4. The Morgan fingerprint density at radius 3 is 2.74 bits per heavy atom. The number of carbonyl (C=O) groups is 1. The largest absolute Gasteiger partial charge is 0.493 e. The summed E-state index contributed by atoms with van der Waals surface area (Å²) in [6.45, 7) is 2.42. The fourth-order valence-electron chi connectivity index (χ4n) is 2.51. The van der Waals surface area contributed by atoms with Gasteiger partial charge in [-0.25, -0.2) is 0 Å². The van der Waals surface area contributed by atoms with Crippen LogP contribution in [0, 0.1) is 0 Å². The highest BCUT2D eigenvalue weighted by Crippen LogP contribution is 2.28. The van der Waals surface area contributed by atoms with Gasteiger partial charge in [-0.3, -0.25) is 9.59 Å². The van der Waals surface area contributed by atoms with Crippen molar-refractivity contribution in [1.82, 2.24) is 4.57 Å². The second kappa shape index (κ2) is 8.37. The average Bonchev–Trinajstić information content (AvgIpc) is 3.28. The van der Waals surface area contributed by atoms with E-state index in [9.17, 15) is 9.59 Å². The SMILES string of the molecule is CCOc1cc(/C=c2\s/c(=C\C(=O)c3cccs3)n(C)c2=O)ccc1OC. The predicted molar refractivity (Wildman–Crippen MR) is 110 cm³/mol. The van der Waals surface area contributed by atoms with Gasteiger partial charge in [-0.2, -0.15) is 0 Å². The molecule has 0 aliphatic rings. The Hall–Kier alpha value is -2.64. The number of benzene rings is 1. The molecule has 2 heterocycles. The first-order chi connectivity index (χ1) is 13.0. The number of nitrogens with zero attached hydrogens (tertiary/aromatic N) is 1. The molecule has 7 heteroatoms. The van der Waals surface area contributed by atoms with Crippen LogP contribution in [0.5, 0.6) is 11.5 Å². The molecule has 0 N–H and O–H groups in total. The van der Waals surface area contributed by atoms with Crippen molar-refractivity contribution in [3.05, 3.63) is 65.7 Å².